The quantitative estimate of drug-likeness (QED) is 0.481. The lowest BCUT2D eigenvalue weighted by molar-refractivity contribution is -0.384. The molecule has 0 spiro atoms. The van der Waals surface area contributed by atoms with E-state index in [4.69, 9.17) is 4.99 Å². The first-order chi connectivity index (χ1) is 13.2. The Bertz CT molecular complexity index is 1040. The minimum atomic E-state index is -0.360. The standard InChI is InChI=1S/C22H17N3O2/c26-25(27)17-12-10-15(11-13-17)20-14-21-23-19-9-5-4-8-18(19)22(24(20)21)16-6-2-1-3-7-16/h1-13,20,22H,14H2/t20-,22+/m0/s1. The molecule has 2 aliphatic heterocycles. The number of fused-ring (bicyclic) bond motifs is 2. The molecule has 5 nitrogen and oxygen atoms in total. The second-order valence-electron chi connectivity index (χ2n) is 6.88. The summed E-state index contributed by atoms with van der Waals surface area (Å²) in [6.45, 7) is 0. The van der Waals surface area contributed by atoms with Crippen LogP contribution in [0.5, 0.6) is 0 Å². The summed E-state index contributed by atoms with van der Waals surface area (Å²) < 4.78 is 0. The Morgan fingerprint density at radius 2 is 1.59 bits per heavy atom. The number of hydrogen-bond donors (Lipinski definition) is 0. The molecule has 5 heteroatoms. The van der Waals surface area contributed by atoms with Crippen molar-refractivity contribution >= 4 is 17.2 Å². The molecule has 132 valence electrons. The minimum Gasteiger partial charge on any atom is -0.341 e. The molecule has 0 amide bonds. The monoisotopic (exact) mass is 355 g/mol. The number of benzene rings is 3. The van der Waals surface area contributed by atoms with Gasteiger partial charge in [-0.2, -0.15) is 0 Å². The summed E-state index contributed by atoms with van der Waals surface area (Å²) in [7, 11) is 0. The first-order valence-corrected chi connectivity index (χ1v) is 8.96. The normalized spacial score (nSPS) is 20.1. The van der Waals surface area contributed by atoms with E-state index < -0.39 is 0 Å². The first-order valence-electron chi connectivity index (χ1n) is 8.96. The predicted molar refractivity (Wildman–Crippen MR) is 104 cm³/mol. The lowest BCUT2D eigenvalue weighted by Gasteiger charge is -2.51. The van der Waals surface area contributed by atoms with E-state index in [2.05, 4.69) is 47.4 Å². The van der Waals surface area contributed by atoms with Gasteiger partial charge in [-0.25, -0.2) is 4.99 Å². The minimum absolute atomic E-state index is 0.101. The van der Waals surface area contributed by atoms with Crippen molar-refractivity contribution in [3.8, 4) is 0 Å². The van der Waals surface area contributed by atoms with Crippen LogP contribution in [0.3, 0.4) is 0 Å². The molecule has 0 radical (unpaired) electrons. The molecule has 0 unspecified atom stereocenters. The second kappa shape index (κ2) is 6.06. The summed E-state index contributed by atoms with van der Waals surface area (Å²) in [6.07, 6.45) is 0.843. The fourth-order valence-electron chi connectivity index (χ4n) is 4.06. The van der Waals surface area contributed by atoms with Gasteiger partial charge in [0, 0.05) is 24.1 Å². The van der Waals surface area contributed by atoms with E-state index in [1.54, 1.807) is 12.1 Å². The van der Waals surface area contributed by atoms with E-state index >= 15 is 0 Å². The van der Waals surface area contributed by atoms with Gasteiger partial charge in [0.2, 0.25) is 0 Å². The number of rotatable bonds is 3. The SMILES string of the molecule is O=[N+]([O-])c1ccc([C@@H]2CC3=Nc4ccccc4[C@@H](c4ccccc4)N32)cc1. The molecule has 0 aromatic heterocycles. The fraction of sp³-hybridized carbons (Fsp3) is 0.136. The summed E-state index contributed by atoms with van der Waals surface area (Å²) in [6, 6.07) is 25.9. The van der Waals surface area contributed by atoms with Gasteiger partial charge in [0.15, 0.2) is 0 Å². The zero-order valence-electron chi connectivity index (χ0n) is 14.5. The number of nitro groups is 1. The summed E-state index contributed by atoms with van der Waals surface area (Å²) in [5.74, 6) is 1.07. The zero-order chi connectivity index (χ0) is 18.4. The number of aliphatic imine (C=N–C) groups is 1. The van der Waals surface area contributed by atoms with Gasteiger partial charge in [0.05, 0.1) is 22.7 Å². The van der Waals surface area contributed by atoms with E-state index in [9.17, 15) is 10.1 Å². The molecule has 0 saturated carbocycles. The van der Waals surface area contributed by atoms with E-state index in [-0.39, 0.29) is 22.7 Å². The van der Waals surface area contributed by atoms with Crippen LogP contribution in [0.1, 0.15) is 35.2 Å². The fourth-order valence-corrected chi connectivity index (χ4v) is 4.06. The molecular formula is C22H17N3O2. The van der Waals surface area contributed by atoms with Crippen molar-refractivity contribution in [1.29, 1.82) is 0 Å². The van der Waals surface area contributed by atoms with Gasteiger partial charge in [-0.05, 0) is 17.2 Å². The van der Waals surface area contributed by atoms with Crippen molar-refractivity contribution in [2.24, 2.45) is 4.99 Å². The highest BCUT2D eigenvalue weighted by molar-refractivity contribution is 5.94. The van der Waals surface area contributed by atoms with Crippen LogP contribution in [-0.2, 0) is 0 Å². The van der Waals surface area contributed by atoms with E-state index in [1.807, 2.05) is 24.3 Å². The van der Waals surface area contributed by atoms with Crippen LogP contribution in [0.15, 0.2) is 83.9 Å². The van der Waals surface area contributed by atoms with Crippen molar-refractivity contribution < 1.29 is 4.92 Å². The van der Waals surface area contributed by atoms with Gasteiger partial charge >= 0.3 is 0 Å². The molecule has 2 atom stereocenters. The highest BCUT2D eigenvalue weighted by Crippen LogP contribution is 2.50. The average Bonchev–Trinajstić information content (AvgIpc) is 2.70. The molecule has 1 saturated heterocycles. The zero-order valence-corrected chi connectivity index (χ0v) is 14.5. The van der Waals surface area contributed by atoms with Gasteiger partial charge in [-0.1, -0.05) is 60.7 Å². The van der Waals surface area contributed by atoms with Gasteiger partial charge in [-0.3, -0.25) is 10.1 Å². The van der Waals surface area contributed by atoms with Crippen molar-refractivity contribution in [3.05, 3.63) is 106 Å². The van der Waals surface area contributed by atoms with Crippen LogP contribution < -0.4 is 0 Å². The van der Waals surface area contributed by atoms with E-state index in [1.165, 1.54) is 11.1 Å². The number of non-ortho nitro benzene ring substituents is 1. The summed E-state index contributed by atoms with van der Waals surface area (Å²) in [5.41, 5.74) is 4.65. The number of hydrogen-bond acceptors (Lipinski definition) is 4. The van der Waals surface area contributed by atoms with Crippen LogP contribution in [0.25, 0.3) is 0 Å². The van der Waals surface area contributed by atoms with Crippen LogP contribution in [0, 0.1) is 10.1 Å². The van der Waals surface area contributed by atoms with Crippen molar-refractivity contribution in [2.45, 2.75) is 18.5 Å². The van der Waals surface area contributed by atoms with Gasteiger partial charge in [0.1, 0.15) is 5.84 Å². The molecule has 0 N–H and O–H groups in total. The Balaban J connectivity index is 1.57. The third kappa shape index (κ3) is 2.51. The maximum absolute atomic E-state index is 10.9. The molecule has 27 heavy (non-hydrogen) atoms. The number of nitro benzene ring substituents is 1. The molecule has 0 aliphatic carbocycles. The summed E-state index contributed by atoms with van der Waals surface area (Å²) in [5, 5.41) is 10.9. The molecular weight excluding hydrogens is 338 g/mol. The Labute approximate surface area is 156 Å². The smallest absolute Gasteiger partial charge is 0.269 e. The van der Waals surface area contributed by atoms with E-state index in [0.717, 1.165) is 23.5 Å². The molecule has 5 rings (SSSR count). The Morgan fingerprint density at radius 1 is 0.889 bits per heavy atom. The molecule has 1 fully saturated rings. The van der Waals surface area contributed by atoms with Crippen molar-refractivity contribution in [1.82, 2.24) is 4.90 Å². The maximum Gasteiger partial charge on any atom is 0.269 e. The highest BCUT2D eigenvalue weighted by Gasteiger charge is 2.44. The highest BCUT2D eigenvalue weighted by atomic mass is 16.6. The Morgan fingerprint density at radius 3 is 2.33 bits per heavy atom. The molecule has 2 aliphatic rings. The molecule has 0 bridgehead atoms. The third-order valence-electron chi connectivity index (χ3n) is 5.37. The molecule has 3 aromatic carbocycles. The summed E-state index contributed by atoms with van der Waals surface area (Å²) in [4.78, 5) is 17.8. The number of amidine groups is 1. The second-order valence-corrected chi connectivity index (χ2v) is 6.88. The lowest BCUT2D eigenvalue weighted by atomic mass is 9.84. The topological polar surface area (TPSA) is 58.7 Å². The van der Waals surface area contributed by atoms with Crippen LogP contribution in [0.4, 0.5) is 11.4 Å². The predicted octanol–water partition coefficient (Wildman–Crippen LogP) is 5.17. The van der Waals surface area contributed by atoms with Crippen LogP contribution >= 0.6 is 0 Å². The Kier molecular flexibility index (Phi) is 3.53. The van der Waals surface area contributed by atoms with E-state index in [0.29, 0.717) is 0 Å². The van der Waals surface area contributed by atoms with Crippen molar-refractivity contribution in [2.75, 3.05) is 0 Å². The van der Waals surface area contributed by atoms with Gasteiger partial charge in [0.25, 0.3) is 5.69 Å². The van der Waals surface area contributed by atoms with Gasteiger partial charge in [-0.15, -0.1) is 0 Å². The van der Waals surface area contributed by atoms with Crippen LogP contribution in [-0.4, -0.2) is 15.7 Å². The third-order valence-corrected chi connectivity index (χ3v) is 5.37. The Hall–Kier alpha value is -3.47. The first kappa shape index (κ1) is 15.8. The largest absolute Gasteiger partial charge is 0.341 e. The van der Waals surface area contributed by atoms with Gasteiger partial charge < -0.3 is 4.90 Å². The van der Waals surface area contributed by atoms with Crippen LogP contribution in [0.2, 0.25) is 0 Å². The molecule has 2 heterocycles. The average molecular weight is 355 g/mol. The van der Waals surface area contributed by atoms with Crippen molar-refractivity contribution in [3.63, 3.8) is 0 Å². The number of para-hydroxylation sites is 1. The molecule has 3 aromatic rings. The number of nitrogens with zero attached hydrogens (tertiary/aromatic N) is 3. The summed E-state index contributed by atoms with van der Waals surface area (Å²) >= 11 is 0. The maximum atomic E-state index is 10.9. The lowest BCUT2D eigenvalue weighted by Crippen LogP contribution is -2.50.